The Hall–Kier alpha value is -3.58. The summed E-state index contributed by atoms with van der Waals surface area (Å²) in [4.78, 5) is 18.1. The fourth-order valence-corrected chi connectivity index (χ4v) is 7.87. The van der Waals surface area contributed by atoms with Crippen LogP contribution in [0.5, 0.6) is 0 Å². The molecule has 0 fully saturated rings. The van der Waals surface area contributed by atoms with Crippen molar-refractivity contribution in [1.29, 1.82) is 0 Å². The van der Waals surface area contributed by atoms with Gasteiger partial charge in [0.15, 0.2) is 5.78 Å². The van der Waals surface area contributed by atoms with Gasteiger partial charge in [-0.2, -0.15) is 13.2 Å². The van der Waals surface area contributed by atoms with Gasteiger partial charge in [-0.1, -0.05) is 118 Å². The van der Waals surface area contributed by atoms with E-state index in [2.05, 4.69) is 69.3 Å². The van der Waals surface area contributed by atoms with Gasteiger partial charge in [0.2, 0.25) is 0 Å². The molecule has 0 aliphatic rings. The maximum absolute atomic E-state index is 13.3. The van der Waals surface area contributed by atoms with Crippen LogP contribution in [0, 0.1) is 43.1 Å². The van der Waals surface area contributed by atoms with Crippen molar-refractivity contribution in [1.82, 2.24) is 4.98 Å². The third kappa shape index (κ3) is 10.5. The van der Waals surface area contributed by atoms with E-state index in [1.54, 1.807) is 23.5 Å². The molecule has 5 aromatic rings. The number of fused-ring (bicyclic) bond motifs is 1. The molecule has 56 heavy (non-hydrogen) atoms. The number of nitrogens with zero attached hydrogens (tertiary/aromatic N) is 1. The number of pyridine rings is 1. The van der Waals surface area contributed by atoms with Crippen molar-refractivity contribution in [2.24, 2.45) is 16.2 Å². The molecule has 2 heterocycles. The molecular formula is C48H57F3IrNO2S-. The molecule has 303 valence electrons. The van der Waals surface area contributed by atoms with Crippen LogP contribution < -0.4 is 0 Å². The predicted molar refractivity (Wildman–Crippen MR) is 226 cm³/mol. The summed E-state index contributed by atoms with van der Waals surface area (Å²) in [6.07, 6.45) is 2.34. The topological polar surface area (TPSA) is 50.2 Å². The molecule has 3 aromatic carbocycles. The van der Waals surface area contributed by atoms with E-state index in [0.29, 0.717) is 5.56 Å². The van der Waals surface area contributed by atoms with E-state index in [-0.39, 0.29) is 48.9 Å². The van der Waals surface area contributed by atoms with Crippen molar-refractivity contribution in [2.45, 2.75) is 114 Å². The summed E-state index contributed by atoms with van der Waals surface area (Å²) < 4.78 is 41.0. The van der Waals surface area contributed by atoms with Gasteiger partial charge in [-0.15, -0.1) is 46.2 Å². The number of rotatable bonds is 12. The Morgan fingerprint density at radius 3 is 1.80 bits per heavy atom. The molecule has 0 aliphatic carbocycles. The Morgan fingerprint density at radius 2 is 1.30 bits per heavy atom. The number of halogens is 3. The van der Waals surface area contributed by atoms with Crippen molar-refractivity contribution in [3.8, 4) is 32.8 Å². The van der Waals surface area contributed by atoms with Gasteiger partial charge in [0.05, 0.1) is 5.41 Å². The molecule has 8 heteroatoms. The zero-order valence-electron chi connectivity index (χ0n) is 34.7. The van der Waals surface area contributed by atoms with Crippen molar-refractivity contribution >= 4 is 27.2 Å². The fraction of sp³-hybridized carbons (Fsp3) is 0.417. The SMILES string of the molecule is CCC(C)(CC)C(=O)/C=C(\O)C(C)(CC)CC.Cc1[c-]c(-c2nccc3c(C)c(-c4ccc(-c5ccc(CC(C)(C)C(F)(F)F)cc5)cc4)sc23)cc(C)c1.[Ir]. The smallest absolute Gasteiger partial charge is 0.394 e. The second kappa shape index (κ2) is 18.8. The summed E-state index contributed by atoms with van der Waals surface area (Å²) in [5, 5.41) is 11.3. The summed E-state index contributed by atoms with van der Waals surface area (Å²) >= 11 is 1.75. The minimum atomic E-state index is -4.24. The molecule has 0 aliphatic heterocycles. The van der Waals surface area contributed by atoms with E-state index < -0.39 is 11.6 Å². The second-order valence-corrected chi connectivity index (χ2v) is 17.1. The maximum Gasteiger partial charge on any atom is 0.394 e. The Kier molecular flexibility index (Phi) is 15.7. The van der Waals surface area contributed by atoms with Crippen LogP contribution in [0.1, 0.15) is 103 Å². The molecule has 2 aromatic heterocycles. The number of carbonyl (C=O) groups excluding carboxylic acids is 1. The van der Waals surface area contributed by atoms with Crippen LogP contribution in [0.15, 0.2) is 84.8 Å². The molecule has 0 unspecified atom stereocenters. The zero-order valence-corrected chi connectivity index (χ0v) is 37.9. The normalized spacial score (nSPS) is 12.6. The molecule has 0 spiro atoms. The molecule has 1 N–H and O–H groups in total. The monoisotopic (exact) mass is 961 g/mol. The summed E-state index contributed by atoms with van der Waals surface area (Å²) in [7, 11) is 0. The number of hydrogen-bond donors (Lipinski definition) is 1. The molecular weight excluding hydrogens is 904 g/mol. The van der Waals surface area contributed by atoms with E-state index in [4.69, 9.17) is 4.98 Å². The number of allylic oxidation sites excluding steroid dienone is 2. The Labute approximate surface area is 350 Å². The maximum atomic E-state index is 13.3. The van der Waals surface area contributed by atoms with Crippen LogP contribution in [0.3, 0.4) is 0 Å². The number of thiophene rings is 1. The number of hydrogen-bond acceptors (Lipinski definition) is 4. The number of alkyl halides is 3. The summed E-state index contributed by atoms with van der Waals surface area (Å²) in [5.74, 6) is 0.286. The van der Waals surface area contributed by atoms with Gasteiger partial charge in [-0.25, -0.2) is 0 Å². The van der Waals surface area contributed by atoms with E-state index in [1.807, 2.05) is 59.9 Å². The number of aryl methyl sites for hydroxylation is 3. The number of aliphatic hydroxyl groups excluding tert-OH is 1. The van der Waals surface area contributed by atoms with E-state index in [1.165, 1.54) is 41.3 Å². The molecule has 0 saturated heterocycles. The van der Waals surface area contributed by atoms with E-state index >= 15 is 0 Å². The number of aromatic nitrogens is 1. The summed E-state index contributed by atoms with van der Waals surface area (Å²) in [6.45, 7) is 20.9. The average Bonchev–Trinajstić information content (AvgIpc) is 3.49. The van der Waals surface area contributed by atoms with Crippen LogP contribution in [-0.4, -0.2) is 22.1 Å². The van der Waals surface area contributed by atoms with Gasteiger partial charge in [0.1, 0.15) is 5.76 Å². The van der Waals surface area contributed by atoms with Gasteiger partial charge < -0.3 is 10.1 Å². The van der Waals surface area contributed by atoms with Crippen LogP contribution in [0.25, 0.3) is 42.9 Å². The van der Waals surface area contributed by atoms with E-state index in [0.717, 1.165) is 63.9 Å². The zero-order chi connectivity index (χ0) is 40.9. The van der Waals surface area contributed by atoms with Gasteiger partial charge in [-0.3, -0.25) is 4.79 Å². The third-order valence-corrected chi connectivity index (χ3v) is 13.1. The molecule has 1 radical (unpaired) electrons. The van der Waals surface area contributed by atoms with Crippen LogP contribution in [0.2, 0.25) is 0 Å². The molecule has 0 atom stereocenters. The van der Waals surface area contributed by atoms with Crippen LogP contribution >= 0.6 is 11.3 Å². The largest absolute Gasteiger partial charge is 0.512 e. The quantitative estimate of drug-likeness (QED) is 0.0770. The molecule has 0 bridgehead atoms. The molecule has 5 rings (SSSR count). The number of benzene rings is 3. The Bertz CT molecular complexity index is 2100. The number of ketones is 1. The van der Waals surface area contributed by atoms with E-state index in [9.17, 15) is 23.1 Å². The summed E-state index contributed by atoms with van der Waals surface area (Å²) in [5.41, 5.74) is 6.94. The van der Waals surface area contributed by atoms with Gasteiger partial charge in [-0.05, 0) is 78.3 Å². The second-order valence-electron chi connectivity index (χ2n) is 16.1. The van der Waals surface area contributed by atoms with Crippen molar-refractivity contribution in [3.63, 3.8) is 0 Å². The number of carbonyl (C=O) groups is 1. The van der Waals surface area contributed by atoms with Gasteiger partial charge in [0.25, 0.3) is 0 Å². The fourth-order valence-electron chi connectivity index (χ4n) is 6.56. The first-order chi connectivity index (χ1) is 25.7. The summed E-state index contributed by atoms with van der Waals surface area (Å²) in [6, 6.07) is 25.6. The van der Waals surface area contributed by atoms with Crippen molar-refractivity contribution < 1.29 is 43.2 Å². The Balaban J connectivity index is 0.000000398. The third-order valence-electron chi connectivity index (χ3n) is 11.7. The van der Waals surface area contributed by atoms with Gasteiger partial charge in [0, 0.05) is 58.5 Å². The predicted octanol–water partition coefficient (Wildman–Crippen LogP) is 14.8. The first-order valence-corrected chi connectivity index (χ1v) is 20.1. The Morgan fingerprint density at radius 1 is 0.786 bits per heavy atom. The first-order valence-electron chi connectivity index (χ1n) is 19.3. The minimum absolute atomic E-state index is 0. The first kappa shape index (κ1) is 46.8. The van der Waals surface area contributed by atoms with Crippen LogP contribution in [0.4, 0.5) is 13.2 Å². The number of aliphatic hydroxyl groups is 1. The molecule has 0 saturated carbocycles. The molecule has 3 nitrogen and oxygen atoms in total. The minimum Gasteiger partial charge on any atom is -0.512 e. The standard InChI is InChI=1S/C33H29F3NS.C15H28O2.Ir/c1-20-16-21(2)18-27(17-20)29-31-28(14-15-37-29)22(3)30(38-31)26-12-10-25(11-13-26)24-8-6-23(7-9-24)19-32(4,5)33(34,35)36;1-7-14(5,8-2)12(16)11-13(17)15(6,9-3)10-4;/h6-17H,19H2,1-5H3;11,16H,7-10H2,1-6H3;/q-1;;/b;12-11-;. The van der Waals surface area contributed by atoms with Crippen molar-refractivity contribution in [2.75, 3.05) is 0 Å². The van der Waals surface area contributed by atoms with Gasteiger partial charge >= 0.3 is 6.18 Å². The molecule has 0 amide bonds. The van der Waals surface area contributed by atoms with Crippen molar-refractivity contribution in [3.05, 3.63) is 113 Å². The van der Waals surface area contributed by atoms with Crippen LogP contribution in [-0.2, 0) is 31.3 Å². The average molecular weight is 961 g/mol.